The highest BCUT2D eigenvalue weighted by molar-refractivity contribution is 9.11. The van der Waals surface area contributed by atoms with E-state index in [4.69, 9.17) is 4.74 Å². The molecule has 0 radical (unpaired) electrons. The van der Waals surface area contributed by atoms with Crippen molar-refractivity contribution in [3.8, 4) is 5.75 Å². The van der Waals surface area contributed by atoms with Crippen LogP contribution in [0.25, 0.3) is 0 Å². The maximum atomic E-state index is 9.50. The van der Waals surface area contributed by atoms with E-state index in [0.29, 0.717) is 28.0 Å². The van der Waals surface area contributed by atoms with Gasteiger partial charge in [-0.2, -0.15) is 0 Å². The average Bonchev–Trinajstić information content (AvgIpc) is 2.66. The lowest BCUT2D eigenvalue weighted by Crippen LogP contribution is -2.00. The van der Waals surface area contributed by atoms with Gasteiger partial charge in [-0.05, 0) is 44.0 Å². The molecule has 1 aromatic rings. The highest BCUT2D eigenvalue weighted by Gasteiger charge is 2.14. The molecule has 0 saturated carbocycles. The zero-order valence-electron chi connectivity index (χ0n) is 7.54. The number of nitrogens with zero attached hydrogens (tertiary/aromatic N) is 1. The van der Waals surface area contributed by atoms with E-state index in [2.05, 4.69) is 36.9 Å². The van der Waals surface area contributed by atoms with Crippen LogP contribution < -0.4 is 0 Å². The van der Waals surface area contributed by atoms with Crippen LogP contribution in [0.1, 0.15) is 5.56 Å². The summed E-state index contributed by atoms with van der Waals surface area (Å²) in [5, 5.41) is 9.50. The molecule has 0 unspecified atom stereocenters. The smallest absolute Gasteiger partial charge is 0.216 e. The van der Waals surface area contributed by atoms with Gasteiger partial charge in [0.15, 0.2) is 0 Å². The van der Waals surface area contributed by atoms with Gasteiger partial charge in [-0.3, -0.25) is 0 Å². The quantitative estimate of drug-likeness (QED) is 0.839. The number of aromatic hydroxyl groups is 1. The predicted molar refractivity (Wildman–Crippen MR) is 68.1 cm³/mol. The summed E-state index contributed by atoms with van der Waals surface area (Å²) in [5.41, 5.74) is 0.860. The number of benzene rings is 1. The van der Waals surface area contributed by atoms with Crippen LogP contribution in [0.5, 0.6) is 5.75 Å². The summed E-state index contributed by atoms with van der Waals surface area (Å²) in [4.78, 5) is 4.19. The monoisotopic (exact) mass is 355 g/mol. The summed E-state index contributed by atoms with van der Waals surface area (Å²) in [6.45, 7) is 1.33. The van der Waals surface area contributed by atoms with Gasteiger partial charge in [0, 0.05) is 5.56 Å². The van der Waals surface area contributed by atoms with Crippen molar-refractivity contribution in [1.82, 2.24) is 0 Å². The summed E-state index contributed by atoms with van der Waals surface area (Å²) in [5.74, 6) is 0.818. The predicted octanol–water partition coefficient (Wildman–Crippen LogP) is 3.12. The zero-order chi connectivity index (χ0) is 10.1. The molecule has 15 heavy (non-hydrogen) atoms. The largest absolute Gasteiger partial charge is 0.506 e. The lowest BCUT2D eigenvalue weighted by atomic mass is 10.2. The van der Waals surface area contributed by atoms with Crippen molar-refractivity contribution in [2.45, 2.75) is 0 Å². The zero-order valence-corrected chi connectivity index (χ0v) is 11.5. The van der Waals surface area contributed by atoms with Gasteiger partial charge in [0.2, 0.25) is 5.90 Å². The Morgan fingerprint density at radius 3 is 2.33 bits per heavy atom. The summed E-state index contributed by atoms with van der Waals surface area (Å²) in [6, 6.07) is 3.56. The first-order chi connectivity index (χ1) is 6.68. The van der Waals surface area contributed by atoms with Gasteiger partial charge in [0.05, 0.1) is 15.5 Å². The Kier molecular flexibility index (Phi) is 4.43. The lowest BCUT2D eigenvalue weighted by Gasteiger charge is -2.05. The molecule has 0 spiro atoms. The molecule has 0 aromatic heterocycles. The molecule has 1 aromatic carbocycles. The van der Waals surface area contributed by atoms with Gasteiger partial charge >= 0.3 is 0 Å². The van der Waals surface area contributed by atoms with Gasteiger partial charge in [-0.25, -0.2) is 4.99 Å². The SMILES string of the molecule is Cl.Oc1c(Br)cc(C2=NCCO2)cc1Br. The molecule has 0 fully saturated rings. The van der Waals surface area contributed by atoms with Crippen LogP contribution >= 0.6 is 44.3 Å². The fourth-order valence-corrected chi connectivity index (χ4v) is 2.39. The third-order valence-corrected chi connectivity index (χ3v) is 3.06. The Balaban J connectivity index is 0.00000112. The van der Waals surface area contributed by atoms with Gasteiger partial charge in [0.1, 0.15) is 12.4 Å². The highest BCUT2D eigenvalue weighted by Crippen LogP contribution is 2.33. The second-order valence-corrected chi connectivity index (χ2v) is 4.53. The number of aliphatic imine (C=N–C) groups is 1. The minimum Gasteiger partial charge on any atom is -0.506 e. The van der Waals surface area contributed by atoms with Crippen molar-refractivity contribution in [2.24, 2.45) is 4.99 Å². The number of rotatable bonds is 1. The van der Waals surface area contributed by atoms with Crippen molar-refractivity contribution in [1.29, 1.82) is 0 Å². The molecular formula is C9H8Br2ClNO2. The molecule has 0 aliphatic carbocycles. The molecule has 1 aliphatic rings. The van der Waals surface area contributed by atoms with Crippen molar-refractivity contribution in [3.63, 3.8) is 0 Å². The Morgan fingerprint density at radius 1 is 1.27 bits per heavy atom. The molecule has 0 amide bonds. The Hall–Kier alpha value is -0.260. The van der Waals surface area contributed by atoms with E-state index >= 15 is 0 Å². The van der Waals surface area contributed by atoms with Crippen molar-refractivity contribution >= 4 is 50.2 Å². The van der Waals surface area contributed by atoms with Gasteiger partial charge < -0.3 is 9.84 Å². The molecule has 82 valence electrons. The van der Waals surface area contributed by atoms with Crippen LogP contribution in [-0.2, 0) is 4.74 Å². The molecule has 0 saturated heterocycles. The van der Waals surface area contributed by atoms with E-state index in [1.807, 2.05) is 0 Å². The van der Waals surface area contributed by atoms with Crippen LogP contribution in [0, 0.1) is 0 Å². The van der Waals surface area contributed by atoms with Crippen molar-refractivity contribution in [3.05, 3.63) is 26.6 Å². The molecular weight excluding hydrogens is 349 g/mol. The number of phenolic OH excluding ortho intramolecular Hbond substituents is 1. The van der Waals surface area contributed by atoms with E-state index in [9.17, 15) is 5.11 Å². The fourth-order valence-electron chi connectivity index (χ4n) is 1.20. The van der Waals surface area contributed by atoms with E-state index in [1.165, 1.54) is 0 Å². The molecule has 0 atom stereocenters. The standard InChI is InChI=1S/C9H7Br2NO2.ClH/c10-6-3-5(4-7(11)8(6)13)9-12-1-2-14-9;/h3-4,13H,1-2H2;1H. The van der Waals surface area contributed by atoms with Gasteiger partial charge in [-0.15, -0.1) is 12.4 Å². The first-order valence-corrected chi connectivity index (χ1v) is 5.62. The van der Waals surface area contributed by atoms with Gasteiger partial charge in [-0.1, -0.05) is 0 Å². The van der Waals surface area contributed by atoms with Crippen LogP contribution in [0.3, 0.4) is 0 Å². The second kappa shape index (κ2) is 5.18. The van der Waals surface area contributed by atoms with Crippen molar-refractivity contribution < 1.29 is 9.84 Å². The normalized spacial score (nSPS) is 14.1. The van der Waals surface area contributed by atoms with Crippen LogP contribution in [0.15, 0.2) is 26.1 Å². The summed E-state index contributed by atoms with van der Waals surface area (Å²) < 4.78 is 6.57. The molecule has 1 aliphatic heterocycles. The number of hydrogen-bond donors (Lipinski definition) is 1. The third kappa shape index (κ3) is 2.65. The maximum absolute atomic E-state index is 9.50. The first kappa shape index (κ1) is 12.8. The number of ether oxygens (including phenoxy) is 1. The Morgan fingerprint density at radius 2 is 1.87 bits per heavy atom. The summed E-state index contributed by atoms with van der Waals surface area (Å²) in [7, 11) is 0. The van der Waals surface area contributed by atoms with Crippen LogP contribution in [0.4, 0.5) is 0 Å². The van der Waals surface area contributed by atoms with E-state index in [-0.39, 0.29) is 18.2 Å². The number of hydrogen-bond acceptors (Lipinski definition) is 3. The minimum absolute atomic E-state index is 0. The number of halogens is 3. The maximum Gasteiger partial charge on any atom is 0.216 e. The van der Waals surface area contributed by atoms with Gasteiger partial charge in [0.25, 0.3) is 0 Å². The number of phenols is 1. The van der Waals surface area contributed by atoms with Crippen molar-refractivity contribution in [2.75, 3.05) is 13.2 Å². The van der Waals surface area contributed by atoms with Crippen LogP contribution in [0.2, 0.25) is 0 Å². The second-order valence-electron chi connectivity index (χ2n) is 2.82. The molecule has 1 N–H and O–H groups in total. The Labute approximate surface area is 110 Å². The molecule has 3 nitrogen and oxygen atoms in total. The Bertz CT molecular complexity index is 386. The summed E-state index contributed by atoms with van der Waals surface area (Å²) >= 11 is 6.51. The lowest BCUT2D eigenvalue weighted by molar-refractivity contribution is 0.348. The molecule has 2 rings (SSSR count). The topological polar surface area (TPSA) is 41.8 Å². The third-order valence-electron chi connectivity index (χ3n) is 1.85. The van der Waals surface area contributed by atoms with E-state index in [0.717, 1.165) is 5.56 Å². The minimum atomic E-state index is 0. The highest BCUT2D eigenvalue weighted by atomic mass is 79.9. The molecule has 1 heterocycles. The molecule has 0 bridgehead atoms. The fraction of sp³-hybridized carbons (Fsp3) is 0.222. The van der Waals surface area contributed by atoms with Crippen LogP contribution in [-0.4, -0.2) is 24.2 Å². The average molecular weight is 357 g/mol. The van der Waals surface area contributed by atoms with E-state index in [1.54, 1.807) is 12.1 Å². The first-order valence-electron chi connectivity index (χ1n) is 4.04. The van der Waals surface area contributed by atoms with E-state index < -0.39 is 0 Å². The summed E-state index contributed by atoms with van der Waals surface area (Å²) in [6.07, 6.45) is 0. The molecule has 6 heteroatoms.